The highest BCUT2D eigenvalue weighted by Crippen LogP contribution is 2.46. The van der Waals surface area contributed by atoms with Gasteiger partial charge in [0, 0.05) is 18.7 Å². The van der Waals surface area contributed by atoms with Crippen molar-refractivity contribution in [2.24, 2.45) is 5.92 Å². The number of nitrogens with zero attached hydrogens (tertiary/aromatic N) is 3. The molecule has 2 heterocycles. The van der Waals surface area contributed by atoms with Crippen LogP contribution in [0.15, 0.2) is 30.5 Å². The average molecular weight is 435 g/mol. The van der Waals surface area contributed by atoms with Crippen LogP contribution in [0.4, 0.5) is 22.0 Å². The molecule has 3 nitrogen and oxygen atoms in total. The molecular weight excluding hydrogens is 413 g/mol. The lowest BCUT2D eigenvalue weighted by Crippen LogP contribution is -2.19. The lowest BCUT2D eigenvalue weighted by Gasteiger charge is -2.30. The SMILES string of the molecule is Fc1ccc(C2CCC(c3ccn4c(CC5CC5)nnc4c3C(F)(F)F)CC2)c(F)c1. The Hall–Kier alpha value is -2.51. The van der Waals surface area contributed by atoms with E-state index in [-0.39, 0.29) is 23.0 Å². The molecule has 3 aromatic rings. The minimum absolute atomic E-state index is 0.117. The minimum atomic E-state index is -4.54. The first-order valence-electron chi connectivity index (χ1n) is 10.7. The molecule has 2 fully saturated rings. The molecule has 0 N–H and O–H groups in total. The van der Waals surface area contributed by atoms with Crippen LogP contribution >= 0.6 is 0 Å². The summed E-state index contributed by atoms with van der Waals surface area (Å²) in [6, 6.07) is 5.09. The fraction of sp³-hybridized carbons (Fsp3) is 0.478. The van der Waals surface area contributed by atoms with Crippen LogP contribution in [-0.4, -0.2) is 14.6 Å². The quantitative estimate of drug-likeness (QED) is 0.443. The molecule has 31 heavy (non-hydrogen) atoms. The second-order valence-corrected chi connectivity index (χ2v) is 8.82. The summed E-state index contributed by atoms with van der Waals surface area (Å²) in [5, 5.41) is 7.96. The van der Waals surface area contributed by atoms with Crippen molar-refractivity contribution in [3.63, 3.8) is 0 Å². The van der Waals surface area contributed by atoms with Crippen LogP contribution in [0.2, 0.25) is 0 Å². The highest BCUT2D eigenvalue weighted by atomic mass is 19.4. The topological polar surface area (TPSA) is 30.2 Å². The predicted octanol–water partition coefficient (Wildman–Crippen LogP) is 6.42. The number of benzene rings is 1. The lowest BCUT2D eigenvalue weighted by atomic mass is 9.75. The number of hydrogen-bond donors (Lipinski definition) is 0. The Morgan fingerprint density at radius 1 is 0.871 bits per heavy atom. The van der Waals surface area contributed by atoms with Crippen LogP contribution in [-0.2, 0) is 12.6 Å². The maximum Gasteiger partial charge on any atom is 0.420 e. The van der Waals surface area contributed by atoms with Crippen LogP contribution in [0.1, 0.15) is 72.9 Å². The van der Waals surface area contributed by atoms with E-state index < -0.39 is 23.4 Å². The third kappa shape index (κ3) is 3.92. The number of pyridine rings is 1. The number of hydrogen-bond acceptors (Lipinski definition) is 2. The van der Waals surface area contributed by atoms with E-state index in [2.05, 4.69) is 10.2 Å². The van der Waals surface area contributed by atoms with Crippen molar-refractivity contribution < 1.29 is 22.0 Å². The zero-order valence-electron chi connectivity index (χ0n) is 16.8. The molecule has 0 radical (unpaired) electrons. The Morgan fingerprint density at radius 2 is 1.55 bits per heavy atom. The summed E-state index contributed by atoms with van der Waals surface area (Å²) < 4.78 is 71.1. The molecule has 164 valence electrons. The Kier molecular flexibility index (Phi) is 4.98. The van der Waals surface area contributed by atoms with Gasteiger partial charge in [0.2, 0.25) is 0 Å². The van der Waals surface area contributed by atoms with Gasteiger partial charge in [0.05, 0.1) is 0 Å². The van der Waals surface area contributed by atoms with E-state index in [9.17, 15) is 22.0 Å². The van der Waals surface area contributed by atoms with E-state index in [0.717, 1.165) is 18.9 Å². The average Bonchev–Trinajstić information content (AvgIpc) is 3.45. The van der Waals surface area contributed by atoms with Gasteiger partial charge in [-0.2, -0.15) is 13.2 Å². The van der Waals surface area contributed by atoms with Gasteiger partial charge in [0.1, 0.15) is 23.0 Å². The fourth-order valence-corrected chi connectivity index (χ4v) is 4.92. The predicted molar refractivity (Wildman–Crippen MR) is 105 cm³/mol. The molecule has 0 amide bonds. The minimum Gasteiger partial charge on any atom is -0.286 e. The summed E-state index contributed by atoms with van der Waals surface area (Å²) in [7, 11) is 0. The Labute approximate surface area is 176 Å². The van der Waals surface area contributed by atoms with Crippen LogP contribution < -0.4 is 0 Å². The first kappa shape index (κ1) is 20.4. The van der Waals surface area contributed by atoms with E-state index in [1.54, 1.807) is 12.3 Å². The third-order valence-corrected chi connectivity index (χ3v) is 6.70. The molecule has 2 saturated carbocycles. The smallest absolute Gasteiger partial charge is 0.286 e. The Morgan fingerprint density at radius 3 is 2.16 bits per heavy atom. The van der Waals surface area contributed by atoms with Crippen LogP contribution in [0.5, 0.6) is 0 Å². The van der Waals surface area contributed by atoms with Crippen molar-refractivity contribution >= 4 is 5.65 Å². The molecule has 0 saturated heterocycles. The van der Waals surface area contributed by atoms with Gasteiger partial charge in [0.15, 0.2) is 5.65 Å². The van der Waals surface area contributed by atoms with E-state index in [0.29, 0.717) is 49.4 Å². The molecule has 2 aliphatic rings. The van der Waals surface area contributed by atoms with E-state index in [1.165, 1.54) is 16.5 Å². The van der Waals surface area contributed by atoms with Crippen LogP contribution in [0.25, 0.3) is 5.65 Å². The zero-order chi connectivity index (χ0) is 21.8. The van der Waals surface area contributed by atoms with Gasteiger partial charge in [-0.25, -0.2) is 8.78 Å². The number of aromatic nitrogens is 3. The van der Waals surface area contributed by atoms with Crippen molar-refractivity contribution in [3.05, 3.63) is 64.6 Å². The van der Waals surface area contributed by atoms with Crippen molar-refractivity contribution in [3.8, 4) is 0 Å². The van der Waals surface area contributed by atoms with Crippen molar-refractivity contribution in [2.45, 2.75) is 63.0 Å². The van der Waals surface area contributed by atoms with Gasteiger partial charge >= 0.3 is 6.18 Å². The van der Waals surface area contributed by atoms with E-state index >= 15 is 0 Å². The highest BCUT2D eigenvalue weighted by Gasteiger charge is 2.40. The second kappa shape index (κ2) is 7.57. The van der Waals surface area contributed by atoms with Crippen molar-refractivity contribution in [1.29, 1.82) is 0 Å². The van der Waals surface area contributed by atoms with Gasteiger partial charge in [0.25, 0.3) is 0 Å². The zero-order valence-corrected chi connectivity index (χ0v) is 16.8. The van der Waals surface area contributed by atoms with E-state index in [1.807, 2.05) is 0 Å². The Bertz CT molecular complexity index is 1110. The molecule has 0 atom stereocenters. The van der Waals surface area contributed by atoms with Crippen LogP contribution in [0, 0.1) is 17.6 Å². The van der Waals surface area contributed by atoms with Crippen molar-refractivity contribution in [1.82, 2.24) is 14.6 Å². The Balaban J connectivity index is 1.43. The summed E-state index contributed by atoms with van der Waals surface area (Å²) in [5.74, 6) is -0.563. The summed E-state index contributed by atoms with van der Waals surface area (Å²) in [4.78, 5) is 0. The lowest BCUT2D eigenvalue weighted by molar-refractivity contribution is -0.137. The van der Waals surface area contributed by atoms with Gasteiger partial charge in [-0.15, -0.1) is 10.2 Å². The number of rotatable bonds is 4. The largest absolute Gasteiger partial charge is 0.420 e. The highest BCUT2D eigenvalue weighted by molar-refractivity contribution is 5.55. The number of halogens is 5. The molecule has 0 spiro atoms. The summed E-state index contributed by atoms with van der Waals surface area (Å²) in [5.41, 5.74) is -0.162. The molecule has 5 rings (SSSR count). The van der Waals surface area contributed by atoms with Gasteiger partial charge in [-0.1, -0.05) is 6.07 Å². The molecule has 8 heteroatoms. The monoisotopic (exact) mass is 435 g/mol. The first-order valence-corrected chi connectivity index (χ1v) is 10.7. The van der Waals surface area contributed by atoms with Gasteiger partial charge < -0.3 is 0 Å². The third-order valence-electron chi connectivity index (χ3n) is 6.70. The second-order valence-electron chi connectivity index (χ2n) is 8.82. The standard InChI is InChI=1S/C23H22F5N3/c24-16-7-8-17(19(25)12-16)14-3-5-15(6-4-14)18-9-10-31-20(11-13-1-2-13)29-30-22(31)21(18)23(26,27)28/h7-10,12-15H,1-6,11H2. The molecule has 1 aromatic carbocycles. The maximum absolute atomic E-state index is 14.1. The van der Waals surface area contributed by atoms with Crippen molar-refractivity contribution in [2.75, 3.05) is 0 Å². The molecular formula is C23H22F5N3. The molecule has 0 unspecified atom stereocenters. The fourth-order valence-electron chi connectivity index (χ4n) is 4.92. The summed E-state index contributed by atoms with van der Waals surface area (Å²) in [6.45, 7) is 0. The summed E-state index contributed by atoms with van der Waals surface area (Å²) in [6.07, 6.45) is 2.03. The van der Waals surface area contributed by atoms with Gasteiger partial charge in [-0.05, 0) is 79.5 Å². The summed E-state index contributed by atoms with van der Waals surface area (Å²) >= 11 is 0. The maximum atomic E-state index is 14.1. The molecule has 0 aliphatic heterocycles. The van der Waals surface area contributed by atoms with Gasteiger partial charge in [-0.3, -0.25) is 4.40 Å². The normalized spacial score (nSPS) is 22.2. The molecule has 2 aliphatic carbocycles. The molecule has 2 aromatic heterocycles. The number of fused-ring (bicyclic) bond motifs is 1. The number of alkyl halides is 3. The van der Waals surface area contributed by atoms with Crippen LogP contribution in [0.3, 0.4) is 0 Å². The first-order chi connectivity index (χ1) is 14.8. The van der Waals surface area contributed by atoms with E-state index in [4.69, 9.17) is 0 Å². The molecule has 0 bridgehead atoms.